The summed E-state index contributed by atoms with van der Waals surface area (Å²) in [6, 6.07) is 12.5. The van der Waals surface area contributed by atoms with Crippen LogP contribution in [0.4, 0.5) is 4.39 Å². The average molecular weight is 323 g/mol. The third-order valence-electron chi connectivity index (χ3n) is 3.28. The second-order valence-corrected chi connectivity index (χ2v) is 6.72. The highest BCUT2D eigenvalue weighted by Crippen LogP contribution is 2.19. The maximum atomic E-state index is 13.6. The van der Waals surface area contributed by atoms with E-state index in [4.69, 9.17) is 4.74 Å². The molecular weight excluding hydrogens is 305 g/mol. The van der Waals surface area contributed by atoms with E-state index in [0.29, 0.717) is 5.75 Å². The molecule has 4 nitrogen and oxygen atoms in total. The summed E-state index contributed by atoms with van der Waals surface area (Å²) in [4.78, 5) is 0. The molecule has 6 heteroatoms. The summed E-state index contributed by atoms with van der Waals surface area (Å²) in [6.07, 6.45) is 0. The summed E-state index contributed by atoms with van der Waals surface area (Å²) in [5.74, 6) is -0.213. The Balaban J connectivity index is 2.09. The van der Waals surface area contributed by atoms with Crippen LogP contribution in [0.5, 0.6) is 5.75 Å². The average Bonchev–Trinajstić information content (AvgIpc) is 2.49. The summed E-state index contributed by atoms with van der Waals surface area (Å²) >= 11 is 0. The SMILES string of the molecule is COc1ccc([C@@H](C)NS(=O)(=O)Cc2ccccc2F)cc1. The Hall–Kier alpha value is -1.92. The minimum Gasteiger partial charge on any atom is -0.497 e. The molecule has 0 unspecified atom stereocenters. The smallest absolute Gasteiger partial charge is 0.216 e. The van der Waals surface area contributed by atoms with Gasteiger partial charge in [-0.15, -0.1) is 0 Å². The van der Waals surface area contributed by atoms with Gasteiger partial charge in [0, 0.05) is 11.6 Å². The normalized spacial score (nSPS) is 12.9. The van der Waals surface area contributed by atoms with E-state index in [0.717, 1.165) is 5.56 Å². The first-order valence-corrected chi connectivity index (χ1v) is 8.44. The van der Waals surface area contributed by atoms with E-state index >= 15 is 0 Å². The number of hydrogen-bond acceptors (Lipinski definition) is 3. The van der Waals surface area contributed by atoms with Crippen LogP contribution in [-0.2, 0) is 15.8 Å². The summed E-state index contributed by atoms with van der Waals surface area (Å²) in [7, 11) is -2.08. The van der Waals surface area contributed by atoms with Crippen LogP contribution in [0.3, 0.4) is 0 Å². The van der Waals surface area contributed by atoms with E-state index in [-0.39, 0.29) is 11.3 Å². The predicted molar refractivity (Wildman–Crippen MR) is 83.6 cm³/mol. The molecule has 0 spiro atoms. The van der Waals surface area contributed by atoms with Gasteiger partial charge in [-0.2, -0.15) is 0 Å². The van der Waals surface area contributed by atoms with Gasteiger partial charge in [-0.1, -0.05) is 30.3 Å². The molecule has 0 aliphatic carbocycles. The van der Waals surface area contributed by atoms with Crippen LogP contribution in [0.15, 0.2) is 48.5 Å². The lowest BCUT2D eigenvalue weighted by Crippen LogP contribution is -2.28. The van der Waals surface area contributed by atoms with Crippen LogP contribution >= 0.6 is 0 Å². The first-order chi connectivity index (χ1) is 10.4. The Morgan fingerprint density at radius 1 is 1.14 bits per heavy atom. The Morgan fingerprint density at radius 2 is 1.77 bits per heavy atom. The number of halogens is 1. The maximum Gasteiger partial charge on any atom is 0.216 e. The monoisotopic (exact) mass is 323 g/mol. The topological polar surface area (TPSA) is 55.4 Å². The van der Waals surface area contributed by atoms with Crippen LogP contribution in [-0.4, -0.2) is 15.5 Å². The minimum absolute atomic E-state index is 0.150. The molecule has 0 fully saturated rings. The molecule has 0 bridgehead atoms. The van der Waals surface area contributed by atoms with Gasteiger partial charge in [-0.25, -0.2) is 17.5 Å². The van der Waals surface area contributed by atoms with E-state index in [2.05, 4.69) is 4.72 Å². The lowest BCUT2D eigenvalue weighted by atomic mass is 10.1. The first-order valence-electron chi connectivity index (χ1n) is 6.78. The molecule has 0 amide bonds. The first kappa shape index (κ1) is 16.5. The third-order valence-corrected chi connectivity index (χ3v) is 4.68. The zero-order chi connectivity index (χ0) is 16.2. The summed E-state index contributed by atoms with van der Waals surface area (Å²) in [5.41, 5.74) is 0.954. The van der Waals surface area contributed by atoms with Gasteiger partial charge in [0.2, 0.25) is 10.0 Å². The molecule has 1 atom stereocenters. The van der Waals surface area contributed by atoms with Crippen LogP contribution in [0.2, 0.25) is 0 Å². The fraction of sp³-hybridized carbons (Fsp3) is 0.250. The summed E-state index contributed by atoms with van der Waals surface area (Å²) in [6.45, 7) is 1.74. The Bertz CT molecular complexity index is 729. The number of methoxy groups -OCH3 is 1. The molecule has 0 aliphatic rings. The standard InChI is InChI=1S/C16H18FNO3S/c1-12(13-7-9-15(21-2)10-8-13)18-22(19,20)11-14-5-3-4-6-16(14)17/h3-10,12,18H,11H2,1-2H3/t12-/m1/s1. The van der Waals surface area contributed by atoms with Gasteiger partial charge in [0.25, 0.3) is 0 Å². The van der Waals surface area contributed by atoms with E-state index in [1.54, 1.807) is 44.4 Å². The van der Waals surface area contributed by atoms with Crippen molar-refractivity contribution in [3.8, 4) is 5.75 Å². The Morgan fingerprint density at radius 3 is 2.36 bits per heavy atom. The van der Waals surface area contributed by atoms with Crippen LogP contribution in [0.25, 0.3) is 0 Å². The van der Waals surface area contributed by atoms with E-state index < -0.39 is 21.9 Å². The van der Waals surface area contributed by atoms with E-state index in [1.807, 2.05) is 0 Å². The van der Waals surface area contributed by atoms with Crippen molar-refractivity contribution in [3.05, 3.63) is 65.5 Å². The highest BCUT2D eigenvalue weighted by Gasteiger charge is 2.18. The van der Waals surface area contributed by atoms with Gasteiger partial charge >= 0.3 is 0 Å². The van der Waals surface area contributed by atoms with Gasteiger partial charge in [0.1, 0.15) is 11.6 Å². The van der Waals surface area contributed by atoms with Gasteiger partial charge < -0.3 is 4.74 Å². The van der Waals surface area contributed by atoms with Crippen molar-refractivity contribution < 1.29 is 17.5 Å². The zero-order valence-electron chi connectivity index (χ0n) is 12.4. The molecule has 2 rings (SSSR count). The van der Waals surface area contributed by atoms with Gasteiger partial charge in [0.15, 0.2) is 0 Å². The van der Waals surface area contributed by atoms with Crippen molar-refractivity contribution in [1.82, 2.24) is 4.72 Å². The van der Waals surface area contributed by atoms with Crippen molar-refractivity contribution in [2.24, 2.45) is 0 Å². The van der Waals surface area contributed by atoms with Crippen LogP contribution in [0, 0.1) is 5.82 Å². The molecule has 0 saturated carbocycles. The lowest BCUT2D eigenvalue weighted by molar-refractivity contribution is 0.414. The summed E-state index contributed by atoms with van der Waals surface area (Å²) in [5, 5.41) is 0. The summed E-state index contributed by atoms with van der Waals surface area (Å²) < 4.78 is 45.5. The molecular formula is C16H18FNO3S. The zero-order valence-corrected chi connectivity index (χ0v) is 13.2. The highest BCUT2D eigenvalue weighted by atomic mass is 32.2. The molecule has 118 valence electrons. The van der Waals surface area contributed by atoms with E-state index in [1.165, 1.54) is 18.2 Å². The molecule has 0 aromatic heterocycles. The van der Waals surface area contributed by atoms with Gasteiger partial charge in [0.05, 0.1) is 12.9 Å². The fourth-order valence-corrected chi connectivity index (χ4v) is 3.49. The second-order valence-electron chi connectivity index (χ2n) is 4.96. The van der Waals surface area contributed by atoms with E-state index in [9.17, 15) is 12.8 Å². The van der Waals surface area contributed by atoms with Crippen LogP contribution in [0.1, 0.15) is 24.1 Å². The predicted octanol–water partition coefficient (Wildman–Crippen LogP) is 3.01. The second kappa shape index (κ2) is 6.89. The Kier molecular flexibility index (Phi) is 5.15. The van der Waals surface area contributed by atoms with Crippen molar-refractivity contribution in [1.29, 1.82) is 0 Å². The number of hydrogen-bond donors (Lipinski definition) is 1. The quantitative estimate of drug-likeness (QED) is 0.889. The van der Waals surface area contributed by atoms with Crippen molar-refractivity contribution in [2.45, 2.75) is 18.7 Å². The number of nitrogens with one attached hydrogen (secondary N) is 1. The fourth-order valence-electron chi connectivity index (χ4n) is 2.09. The minimum atomic E-state index is -3.64. The Labute approximate surface area is 130 Å². The molecule has 0 heterocycles. The largest absolute Gasteiger partial charge is 0.497 e. The third kappa shape index (κ3) is 4.29. The number of benzene rings is 2. The van der Waals surface area contributed by atoms with Crippen LogP contribution < -0.4 is 9.46 Å². The van der Waals surface area contributed by atoms with Gasteiger partial charge in [-0.05, 0) is 30.7 Å². The number of sulfonamides is 1. The number of rotatable bonds is 6. The van der Waals surface area contributed by atoms with Gasteiger partial charge in [-0.3, -0.25) is 0 Å². The molecule has 2 aromatic rings. The van der Waals surface area contributed by atoms with Crippen molar-refractivity contribution >= 4 is 10.0 Å². The molecule has 0 radical (unpaired) electrons. The lowest BCUT2D eigenvalue weighted by Gasteiger charge is -2.15. The molecule has 22 heavy (non-hydrogen) atoms. The molecule has 0 aliphatic heterocycles. The highest BCUT2D eigenvalue weighted by molar-refractivity contribution is 7.88. The maximum absolute atomic E-state index is 13.6. The number of ether oxygens (including phenoxy) is 1. The van der Waals surface area contributed by atoms with Crippen molar-refractivity contribution in [3.63, 3.8) is 0 Å². The molecule has 0 saturated heterocycles. The van der Waals surface area contributed by atoms with Crippen molar-refractivity contribution in [2.75, 3.05) is 7.11 Å². The molecule has 1 N–H and O–H groups in total. The molecule has 2 aromatic carbocycles.